The van der Waals surface area contributed by atoms with Gasteiger partial charge in [-0.15, -0.1) is 0 Å². The smallest absolute Gasteiger partial charge is 0.326 e. The molecule has 0 aromatic heterocycles. The molecular formula is C32H38N2O4S. The molecule has 2 atom stereocenters. The molecule has 1 aliphatic heterocycles. The van der Waals surface area contributed by atoms with Gasteiger partial charge >= 0.3 is 5.97 Å². The maximum absolute atomic E-state index is 13.4. The number of carboxylic acids is 1. The average molecular weight is 547 g/mol. The molecule has 0 aliphatic carbocycles. The first kappa shape index (κ1) is 28.9. The number of benzene rings is 3. The fourth-order valence-electron chi connectivity index (χ4n) is 5.05. The lowest BCUT2D eigenvalue weighted by Crippen LogP contribution is -2.41. The van der Waals surface area contributed by atoms with Crippen molar-refractivity contribution < 1.29 is 19.4 Å². The van der Waals surface area contributed by atoms with Crippen LogP contribution in [0.25, 0.3) is 11.1 Å². The van der Waals surface area contributed by atoms with Crippen LogP contribution in [0.2, 0.25) is 0 Å². The molecule has 0 spiro atoms. The van der Waals surface area contributed by atoms with Gasteiger partial charge in [-0.05, 0) is 84.7 Å². The summed E-state index contributed by atoms with van der Waals surface area (Å²) in [6.45, 7) is 5.28. The second kappa shape index (κ2) is 14.3. The number of piperidine rings is 1. The molecule has 3 aromatic carbocycles. The highest BCUT2D eigenvalue weighted by Gasteiger charge is 2.24. The van der Waals surface area contributed by atoms with E-state index in [4.69, 9.17) is 4.74 Å². The number of aryl methyl sites for hydroxylation is 1. The zero-order valence-electron chi connectivity index (χ0n) is 22.8. The van der Waals surface area contributed by atoms with Gasteiger partial charge in [0, 0.05) is 18.7 Å². The Morgan fingerprint density at radius 1 is 1.05 bits per heavy atom. The molecule has 1 aliphatic rings. The topological polar surface area (TPSA) is 78.9 Å². The minimum absolute atomic E-state index is 0.189. The Labute approximate surface area is 235 Å². The second-order valence-electron chi connectivity index (χ2n) is 10.1. The van der Waals surface area contributed by atoms with Crippen molar-refractivity contribution in [2.75, 3.05) is 25.1 Å². The Kier molecular flexibility index (Phi) is 10.6. The van der Waals surface area contributed by atoms with Crippen molar-refractivity contribution >= 4 is 23.6 Å². The number of carboxylic acid groups (broad SMARTS) is 1. The standard InChI is InChI=1S/C32H38N2O4S/c1-23-9-6-7-13-27(23)29-19-25(14-15-28(29)31(35)33-30(32(36)37)16-18-39-2)20-34-17-8-12-26(21-34)38-22-24-10-4-3-5-11-24/h3-7,9-11,13-15,19,26,30H,8,12,16-18,20-22H2,1-2H3,(H,33,35)(H,36,37)/t26?,30-/m0/s1. The van der Waals surface area contributed by atoms with Gasteiger partial charge in [0.1, 0.15) is 6.04 Å². The van der Waals surface area contributed by atoms with Crippen molar-refractivity contribution in [1.82, 2.24) is 10.2 Å². The van der Waals surface area contributed by atoms with Crippen LogP contribution in [0.3, 0.4) is 0 Å². The highest BCUT2D eigenvalue weighted by molar-refractivity contribution is 7.98. The Bertz CT molecular complexity index is 1250. The molecular weight excluding hydrogens is 508 g/mol. The van der Waals surface area contributed by atoms with Crippen molar-refractivity contribution in [2.24, 2.45) is 0 Å². The number of aliphatic carboxylic acids is 1. The first-order chi connectivity index (χ1) is 18.9. The van der Waals surface area contributed by atoms with Crippen LogP contribution in [0.4, 0.5) is 0 Å². The molecule has 0 radical (unpaired) electrons. The van der Waals surface area contributed by atoms with Crippen molar-refractivity contribution in [3.8, 4) is 11.1 Å². The van der Waals surface area contributed by atoms with Crippen molar-refractivity contribution in [3.05, 3.63) is 95.1 Å². The van der Waals surface area contributed by atoms with E-state index in [-0.39, 0.29) is 12.0 Å². The van der Waals surface area contributed by atoms with Gasteiger partial charge in [-0.25, -0.2) is 4.79 Å². The molecule has 1 unspecified atom stereocenters. The molecule has 4 rings (SSSR count). The number of nitrogens with one attached hydrogen (secondary N) is 1. The highest BCUT2D eigenvalue weighted by Crippen LogP contribution is 2.29. The monoisotopic (exact) mass is 546 g/mol. The molecule has 7 heteroatoms. The Hall–Kier alpha value is -3.13. The van der Waals surface area contributed by atoms with Crippen molar-refractivity contribution in [1.29, 1.82) is 0 Å². The van der Waals surface area contributed by atoms with E-state index < -0.39 is 12.0 Å². The molecule has 1 amide bonds. The fraction of sp³-hybridized carbons (Fsp3) is 0.375. The number of likely N-dealkylation sites (tertiary alicyclic amines) is 1. The molecule has 1 heterocycles. The van der Waals surface area contributed by atoms with Gasteiger partial charge in [0.15, 0.2) is 0 Å². The number of hydrogen-bond acceptors (Lipinski definition) is 5. The zero-order chi connectivity index (χ0) is 27.6. The number of carbonyl (C=O) groups is 2. The summed E-state index contributed by atoms with van der Waals surface area (Å²) < 4.78 is 6.24. The summed E-state index contributed by atoms with van der Waals surface area (Å²) in [5.41, 5.74) is 5.66. The van der Waals surface area contributed by atoms with Crippen LogP contribution in [-0.4, -0.2) is 59.1 Å². The van der Waals surface area contributed by atoms with Crippen LogP contribution in [0.5, 0.6) is 0 Å². The van der Waals surface area contributed by atoms with E-state index in [1.54, 1.807) is 11.8 Å². The summed E-state index contributed by atoms with van der Waals surface area (Å²) in [5, 5.41) is 12.4. The predicted molar refractivity (Wildman–Crippen MR) is 158 cm³/mol. The lowest BCUT2D eigenvalue weighted by atomic mass is 9.93. The normalized spacial score (nSPS) is 16.5. The van der Waals surface area contributed by atoms with Gasteiger partial charge in [-0.3, -0.25) is 9.69 Å². The number of nitrogens with zero attached hydrogens (tertiary/aromatic N) is 1. The quantitative estimate of drug-likeness (QED) is 0.300. The van der Waals surface area contributed by atoms with Gasteiger partial charge in [0.05, 0.1) is 12.7 Å². The number of rotatable bonds is 12. The number of hydrogen-bond donors (Lipinski definition) is 2. The molecule has 1 saturated heterocycles. The van der Waals surface area contributed by atoms with E-state index in [9.17, 15) is 14.7 Å². The summed E-state index contributed by atoms with van der Waals surface area (Å²) in [7, 11) is 0. The Balaban J connectivity index is 1.51. The molecule has 6 nitrogen and oxygen atoms in total. The van der Waals surface area contributed by atoms with Gasteiger partial charge in [0.2, 0.25) is 0 Å². The summed E-state index contributed by atoms with van der Waals surface area (Å²) in [6, 6.07) is 23.3. The van der Waals surface area contributed by atoms with E-state index in [1.165, 1.54) is 5.56 Å². The maximum Gasteiger partial charge on any atom is 0.326 e. The first-order valence-corrected chi connectivity index (χ1v) is 14.9. The third-order valence-electron chi connectivity index (χ3n) is 7.17. The van der Waals surface area contributed by atoms with Crippen LogP contribution >= 0.6 is 11.8 Å². The summed E-state index contributed by atoms with van der Waals surface area (Å²) >= 11 is 1.56. The average Bonchev–Trinajstić information content (AvgIpc) is 2.95. The summed E-state index contributed by atoms with van der Waals surface area (Å²) in [6.07, 6.45) is 4.63. The number of carbonyl (C=O) groups excluding carboxylic acids is 1. The van der Waals surface area contributed by atoms with E-state index in [0.29, 0.717) is 24.3 Å². The van der Waals surface area contributed by atoms with Gasteiger partial charge < -0.3 is 15.2 Å². The van der Waals surface area contributed by atoms with Crippen LogP contribution in [-0.2, 0) is 22.7 Å². The number of thioether (sulfide) groups is 1. The van der Waals surface area contributed by atoms with Crippen LogP contribution < -0.4 is 5.32 Å². The predicted octanol–water partition coefficient (Wildman–Crippen LogP) is 5.78. The van der Waals surface area contributed by atoms with Gasteiger partial charge in [0.25, 0.3) is 5.91 Å². The largest absolute Gasteiger partial charge is 0.480 e. The van der Waals surface area contributed by atoms with E-state index in [2.05, 4.69) is 28.4 Å². The molecule has 0 saturated carbocycles. The maximum atomic E-state index is 13.4. The molecule has 2 N–H and O–H groups in total. The van der Waals surface area contributed by atoms with E-state index >= 15 is 0 Å². The lowest BCUT2D eigenvalue weighted by molar-refractivity contribution is -0.139. The Morgan fingerprint density at radius 3 is 2.56 bits per heavy atom. The van der Waals surface area contributed by atoms with Gasteiger partial charge in [-0.2, -0.15) is 11.8 Å². The third-order valence-corrected chi connectivity index (χ3v) is 7.82. The minimum atomic E-state index is -1.01. The van der Waals surface area contributed by atoms with Crippen molar-refractivity contribution in [3.63, 3.8) is 0 Å². The molecule has 206 valence electrons. The fourth-order valence-corrected chi connectivity index (χ4v) is 5.53. The van der Waals surface area contributed by atoms with Crippen LogP contribution in [0.15, 0.2) is 72.8 Å². The minimum Gasteiger partial charge on any atom is -0.480 e. The lowest BCUT2D eigenvalue weighted by Gasteiger charge is -2.33. The second-order valence-corrected chi connectivity index (χ2v) is 11.1. The zero-order valence-corrected chi connectivity index (χ0v) is 23.6. The van der Waals surface area contributed by atoms with Gasteiger partial charge in [-0.1, -0.05) is 60.7 Å². The SMILES string of the molecule is CSCC[C@H](NC(=O)c1ccc(CN2CCCC(OCc3ccccc3)C2)cc1-c1ccccc1C)C(=O)O. The molecule has 0 bridgehead atoms. The number of ether oxygens (including phenoxy) is 1. The summed E-state index contributed by atoms with van der Waals surface area (Å²) in [5.74, 6) is -0.714. The molecule has 3 aromatic rings. The molecule has 39 heavy (non-hydrogen) atoms. The van der Waals surface area contributed by atoms with E-state index in [1.807, 2.05) is 67.8 Å². The van der Waals surface area contributed by atoms with E-state index in [0.717, 1.165) is 54.7 Å². The van der Waals surface area contributed by atoms with Crippen molar-refractivity contribution in [2.45, 2.75) is 51.5 Å². The van der Waals surface area contributed by atoms with Crippen LogP contribution in [0.1, 0.15) is 46.3 Å². The third kappa shape index (κ3) is 8.18. The first-order valence-electron chi connectivity index (χ1n) is 13.5. The Morgan fingerprint density at radius 2 is 1.82 bits per heavy atom. The summed E-state index contributed by atoms with van der Waals surface area (Å²) in [4.78, 5) is 27.5. The number of amides is 1. The van der Waals surface area contributed by atoms with Crippen LogP contribution in [0, 0.1) is 6.92 Å². The molecule has 1 fully saturated rings. The highest BCUT2D eigenvalue weighted by atomic mass is 32.2.